The fourth-order valence-corrected chi connectivity index (χ4v) is 5.27. The van der Waals surface area contributed by atoms with Gasteiger partial charge in [-0.25, -0.2) is 4.79 Å². The molecular formula is C25H38N6O4. The van der Waals surface area contributed by atoms with Crippen LogP contribution in [0.5, 0.6) is 0 Å². The molecule has 1 aromatic heterocycles. The SMILES string of the molecule is CN(C)c1ccncc1C1CN(C(=O)[C@@H]2CC[C@@H]3CCNC[C@H](NC(=O)OC(C)(C)C)C(=O)N32)C1. The molecule has 10 heteroatoms. The molecule has 3 amide bonds. The lowest BCUT2D eigenvalue weighted by Gasteiger charge is -2.44. The highest BCUT2D eigenvalue weighted by molar-refractivity contribution is 5.92. The van der Waals surface area contributed by atoms with Crippen LogP contribution >= 0.6 is 0 Å². The van der Waals surface area contributed by atoms with Crippen molar-refractivity contribution in [3.63, 3.8) is 0 Å². The zero-order valence-corrected chi connectivity index (χ0v) is 21.4. The van der Waals surface area contributed by atoms with Crippen LogP contribution < -0.4 is 15.5 Å². The maximum Gasteiger partial charge on any atom is 0.408 e. The summed E-state index contributed by atoms with van der Waals surface area (Å²) in [6.45, 7) is 7.62. The molecule has 10 nitrogen and oxygen atoms in total. The second-order valence-corrected chi connectivity index (χ2v) is 11.0. The van der Waals surface area contributed by atoms with Crippen LogP contribution in [0.15, 0.2) is 18.5 Å². The number of nitrogens with one attached hydrogen (secondary N) is 2. The van der Waals surface area contributed by atoms with Crippen molar-refractivity contribution in [3.8, 4) is 0 Å². The molecule has 3 aliphatic rings. The lowest BCUT2D eigenvalue weighted by molar-refractivity contribution is -0.149. The zero-order chi connectivity index (χ0) is 25.3. The van der Waals surface area contributed by atoms with Crippen LogP contribution in [0.1, 0.15) is 51.5 Å². The second-order valence-electron chi connectivity index (χ2n) is 11.0. The number of fused-ring (bicyclic) bond motifs is 1. The average molecular weight is 487 g/mol. The molecule has 0 aliphatic carbocycles. The Labute approximate surface area is 207 Å². The van der Waals surface area contributed by atoms with Gasteiger partial charge in [-0.15, -0.1) is 0 Å². The first-order valence-corrected chi connectivity index (χ1v) is 12.5. The summed E-state index contributed by atoms with van der Waals surface area (Å²) >= 11 is 0. The summed E-state index contributed by atoms with van der Waals surface area (Å²) < 4.78 is 5.36. The van der Waals surface area contributed by atoms with Gasteiger partial charge in [0, 0.05) is 69.3 Å². The Balaban J connectivity index is 1.43. The highest BCUT2D eigenvalue weighted by Gasteiger charge is 2.47. The molecule has 3 saturated heterocycles. The minimum Gasteiger partial charge on any atom is -0.444 e. The summed E-state index contributed by atoms with van der Waals surface area (Å²) in [5.74, 6) is 0.0103. The molecule has 0 radical (unpaired) electrons. The van der Waals surface area contributed by atoms with E-state index in [-0.39, 0.29) is 23.8 Å². The molecule has 0 bridgehead atoms. The molecule has 4 heterocycles. The van der Waals surface area contributed by atoms with Crippen molar-refractivity contribution in [2.75, 3.05) is 45.2 Å². The molecule has 3 aliphatic heterocycles. The Morgan fingerprint density at radius 3 is 2.63 bits per heavy atom. The van der Waals surface area contributed by atoms with Gasteiger partial charge in [-0.1, -0.05) is 0 Å². The van der Waals surface area contributed by atoms with Crippen LogP contribution in [-0.2, 0) is 14.3 Å². The lowest BCUT2D eigenvalue weighted by atomic mass is 9.90. The first kappa shape index (κ1) is 25.2. The van der Waals surface area contributed by atoms with Crippen molar-refractivity contribution in [2.24, 2.45) is 0 Å². The number of hydrogen-bond donors (Lipinski definition) is 2. The quantitative estimate of drug-likeness (QED) is 0.661. The van der Waals surface area contributed by atoms with Crippen LogP contribution in [0.4, 0.5) is 10.5 Å². The number of carbonyl (C=O) groups excluding carboxylic acids is 3. The maximum absolute atomic E-state index is 13.6. The fourth-order valence-electron chi connectivity index (χ4n) is 5.27. The van der Waals surface area contributed by atoms with Crippen molar-refractivity contribution in [3.05, 3.63) is 24.0 Å². The Morgan fingerprint density at radius 2 is 1.94 bits per heavy atom. The summed E-state index contributed by atoms with van der Waals surface area (Å²) in [6.07, 6.45) is 5.26. The van der Waals surface area contributed by atoms with E-state index in [0.717, 1.165) is 30.6 Å². The van der Waals surface area contributed by atoms with Gasteiger partial charge in [0.15, 0.2) is 0 Å². The highest BCUT2D eigenvalue weighted by Crippen LogP contribution is 2.36. The van der Waals surface area contributed by atoms with Crippen LogP contribution in [-0.4, -0.2) is 96.7 Å². The topological polar surface area (TPSA) is 107 Å². The molecule has 0 spiro atoms. The van der Waals surface area contributed by atoms with Crippen molar-refractivity contribution >= 4 is 23.6 Å². The van der Waals surface area contributed by atoms with E-state index in [0.29, 0.717) is 26.1 Å². The van der Waals surface area contributed by atoms with Gasteiger partial charge in [-0.2, -0.15) is 0 Å². The fraction of sp³-hybridized carbons (Fsp3) is 0.680. The van der Waals surface area contributed by atoms with Crippen LogP contribution in [0, 0.1) is 0 Å². The predicted molar refractivity (Wildman–Crippen MR) is 132 cm³/mol. The molecule has 35 heavy (non-hydrogen) atoms. The van der Waals surface area contributed by atoms with Crippen molar-refractivity contribution in [2.45, 2.75) is 69.7 Å². The number of rotatable bonds is 4. The first-order chi connectivity index (χ1) is 16.5. The number of hydrogen-bond acceptors (Lipinski definition) is 7. The smallest absolute Gasteiger partial charge is 0.408 e. The van der Waals surface area contributed by atoms with Gasteiger partial charge >= 0.3 is 6.09 Å². The third-order valence-electron chi connectivity index (χ3n) is 6.98. The Hall–Kier alpha value is -2.88. The van der Waals surface area contributed by atoms with Crippen LogP contribution in [0.2, 0.25) is 0 Å². The van der Waals surface area contributed by atoms with Gasteiger partial charge in [-0.05, 0) is 52.6 Å². The van der Waals surface area contributed by atoms with Crippen molar-refractivity contribution in [1.29, 1.82) is 0 Å². The number of aromatic nitrogens is 1. The number of ether oxygens (including phenoxy) is 1. The molecule has 4 rings (SSSR count). The normalized spacial score (nSPS) is 25.3. The van der Waals surface area contributed by atoms with Gasteiger partial charge in [-0.3, -0.25) is 14.6 Å². The second kappa shape index (κ2) is 10.0. The molecule has 0 saturated carbocycles. The standard InChI is InChI=1S/C25H38N6O4/c1-25(2,3)35-24(34)28-19-13-27-10-8-17-6-7-21(31(17)22(19)32)23(33)30-14-16(15-30)18-12-26-11-9-20(18)29(4)5/h9,11-12,16-17,19,21,27H,6-8,10,13-15H2,1-5H3,(H,28,34)/t17-,19+,21+/m1/s1. The van der Waals surface area contributed by atoms with E-state index in [1.54, 1.807) is 31.9 Å². The minimum absolute atomic E-state index is 0.00283. The van der Waals surface area contributed by atoms with Gasteiger partial charge in [0.05, 0.1) is 0 Å². The Bertz CT molecular complexity index is 956. The Kier molecular flexibility index (Phi) is 7.21. The molecule has 3 atom stereocenters. The first-order valence-electron chi connectivity index (χ1n) is 12.5. The largest absolute Gasteiger partial charge is 0.444 e. The number of pyridine rings is 1. The number of amides is 3. The lowest BCUT2D eigenvalue weighted by Crippen LogP contribution is -2.62. The van der Waals surface area contributed by atoms with E-state index in [1.165, 1.54) is 0 Å². The number of likely N-dealkylation sites (tertiary alicyclic amines) is 1. The van der Waals surface area contributed by atoms with E-state index >= 15 is 0 Å². The molecule has 0 aromatic carbocycles. The van der Waals surface area contributed by atoms with Crippen molar-refractivity contribution in [1.82, 2.24) is 25.4 Å². The van der Waals surface area contributed by atoms with Crippen molar-refractivity contribution < 1.29 is 19.1 Å². The monoisotopic (exact) mass is 486 g/mol. The Morgan fingerprint density at radius 1 is 1.20 bits per heavy atom. The summed E-state index contributed by atoms with van der Waals surface area (Å²) in [5, 5.41) is 5.97. The van der Waals surface area contributed by atoms with Gasteiger partial charge in [0.2, 0.25) is 11.8 Å². The van der Waals surface area contributed by atoms with Crippen LogP contribution in [0.3, 0.4) is 0 Å². The number of nitrogens with zero attached hydrogens (tertiary/aromatic N) is 4. The van der Waals surface area contributed by atoms with Gasteiger partial charge in [0.25, 0.3) is 0 Å². The van der Waals surface area contributed by atoms with Gasteiger partial charge < -0.3 is 30.1 Å². The molecule has 2 N–H and O–H groups in total. The third-order valence-corrected chi connectivity index (χ3v) is 6.98. The molecule has 3 fully saturated rings. The molecule has 192 valence electrons. The van der Waals surface area contributed by atoms with E-state index in [2.05, 4.69) is 20.5 Å². The number of carbonyl (C=O) groups is 3. The van der Waals surface area contributed by atoms with Crippen LogP contribution in [0.25, 0.3) is 0 Å². The van der Waals surface area contributed by atoms with E-state index in [9.17, 15) is 14.4 Å². The summed E-state index contributed by atoms with van der Waals surface area (Å²) in [5.41, 5.74) is 1.59. The summed E-state index contributed by atoms with van der Waals surface area (Å²) in [4.78, 5) is 49.4. The average Bonchev–Trinajstić information content (AvgIpc) is 3.15. The summed E-state index contributed by atoms with van der Waals surface area (Å²) in [7, 11) is 4.01. The zero-order valence-electron chi connectivity index (χ0n) is 21.4. The highest BCUT2D eigenvalue weighted by atomic mass is 16.6. The summed E-state index contributed by atoms with van der Waals surface area (Å²) in [6, 6.07) is 0.717. The number of anilines is 1. The molecule has 0 unspecified atom stereocenters. The third kappa shape index (κ3) is 5.52. The predicted octanol–water partition coefficient (Wildman–Crippen LogP) is 1.32. The van der Waals surface area contributed by atoms with E-state index in [1.807, 2.05) is 31.3 Å². The molecular weight excluding hydrogens is 448 g/mol. The van der Waals surface area contributed by atoms with E-state index < -0.39 is 23.8 Å². The minimum atomic E-state index is -0.775. The van der Waals surface area contributed by atoms with Gasteiger partial charge in [0.1, 0.15) is 17.7 Å². The van der Waals surface area contributed by atoms with E-state index in [4.69, 9.17) is 4.74 Å². The molecule has 1 aromatic rings. The maximum atomic E-state index is 13.6. The number of alkyl carbamates (subject to hydrolysis) is 1.